The van der Waals surface area contributed by atoms with Crippen molar-refractivity contribution in [3.63, 3.8) is 0 Å². The highest BCUT2D eigenvalue weighted by molar-refractivity contribution is 6.29. The Hall–Kier alpha value is -2.50. The summed E-state index contributed by atoms with van der Waals surface area (Å²) < 4.78 is 27.4. The van der Waals surface area contributed by atoms with Crippen molar-refractivity contribution in [2.24, 2.45) is 29.1 Å². The Balaban J connectivity index is 1.85. The zero-order chi connectivity index (χ0) is 27.8. The second kappa shape index (κ2) is 11.1. The molecule has 2 aliphatic heterocycles. The highest BCUT2D eigenvalue weighted by Crippen LogP contribution is 2.65. The average Bonchev–Trinajstić information content (AvgIpc) is 3.19. The van der Waals surface area contributed by atoms with Gasteiger partial charge in [-0.2, -0.15) is 0 Å². The molecule has 3 aliphatic rings. The highest BCUT2D eigenvalue weighted by Gasteiger charge is 2.69. The van der Waals surface area contributed by atoms with Gasteiger partial charge in [0.05, 0.1) is 12.5 Å². The van der Waals surface area contributed by atoms with Crippen LogP contribution in [-0.2, 0) is 24.0 Å². The van der Waals surface area contributed by atoms with Crippen molar-refractivity contribution in [2.75, 3.05) is 19.6 Å². The molecule has 0 radical (unpaired) electrons. The molecule has 1 aliphatic carbocycles. The summed E-state index contributed by atoms with van der Waals surface area (Å²) in [7, 11) is 0. The Kier molecular flexibility index (Phi) is 8.71. The number of amides is 5. The average molecular weight is 548 g/mol. The Bertz CT molecular complexity index is 948. The molecule has 0 aromatic heterocycles. The van der Waals surface area contributed by atoms with E-state index in [4.69, 9.17) is 11.6 Å². The number of hydrazine groups is 1. The third-order valence-electron chi connectivity index (χ3n) is 8.16. The first kappa shape index (κ1) is 29.1. The van der Waals surface area contributed by atoms with Crippen LogP contribution < -0.4 is 16.1 Å². The van der Waals surface area contributed by atoms with Gasteiger partial charge < -0.3 is 15.5 Å². The van der Waals surface area contributed by atoms with E-state index >= 15 is 0 Å². The number of carbonyl (C=O) groups excluding carboxylic acids is 5. The lowest BCUT2D eigenvalue weighted by Crippen LogP contribution is -2.60. The number of nitrogens with one attached hydrogen (secondary N) is 3. The van der Waals surface area contributed by atoms with Gasteiger partial charge in [-0.05, 0) is 36.5 Å². The first-order valence-corrected chi connectivity index (χ1v) is 13.1. The van der Waals surface area contributed by atoms with Gasteiger partial charge in [0, 0.05) is 13.1 Å². The van der Waals surface area contributed by atoms with Crippen molar-refractivity contribution in [3.8, 4) is 0 Å². The summed E-state index contributed by atoms with van der Waals surface area (Å²) in [4.78, 5) is 65.1. The van der Waals surface area contributed by atoms with E-state index in [0.717, 1.165) is 6.92 Å². The van der Waals surface area contributed by atoms with Gasteiger partial charge in [-0.3, -0.25) is 29.4 Å². The monoisotopic (exact) mass is 547 g/mol. The Morgan fingerprint density at radius 1 is 1.24 bits per heavy atom. The summed E-state index contributed by atoms with van der Waals surface area (Å²) >= 11 is 5.37. The first-order valence-electron chi connectivity index (χ1n) is 12.6. The van der Waals surface area contributed by atoms with Crippen LogP contribution in [0, 0.1) is 29.1 Å². The summed E-state index contributed by atoms with van der Waals surface area (Å²) in [6.45, 7) is 8.93. The molecule has 2 heterocycles. The summed E-state index contributed by atoms with van der Waals surface area (Å²) in [5.74, 6) is -4.96. The van der Waals surface area contributed by atoms with Crippen molar-refractivity contribution < 1.29 is 32.8 Å². The molecule has 1 saturated carbocycles. The number of hydrogen-bond donors (Lipinski definition) is 3. The fraction of sp³-hybridized carbons (Fsp3) is 0.792. The van der Waals surface area contributed by atoms with Crippen LogP contribution in [0.5, 0.6) is 0 Å². The number of likely N-dealkylation sites (tertiary alicyclic amines) is 1. The van der Waals surface area contributed by atoms with Crippen LogP contribution in [0.2, 0.25) is 0 Å². The third-order valence-corrected chi connectivity index (χ3v) is 8.35. The number of carbonyl (C=O) groups is 5. The van der Waals surface area contributed by atoms with Gasteiger partial charge >= 0.3 is 0 Å². The number of rotatable bonds is 9. The van der Waals surface area contributed by atoms with Gasteiger partial charge in [0.1, 0.15) is 12.1 Å². The molecule has 10 nitrogen and oxygen atoms in total. The number of halogens is 3. The van der Waals surface area contributed by atoms with E-state index in [1.165, 1.54) is 4.90 Å². The number of hydrogen-bond acceptors (Lipinski definition) is 5. The molecule has 3 fully saturated rings. The molecule has 208 valence electrons. The molecule has 8 atom stereocenters. The van der Waals surface area contributed by atoms with Gasteiger partial charge in [0.2, 0.25) is 11.8 Å². The lowest BCUT2D eigenvalue weighted by molar-refractivity contribution is -0.150. The van der Waals surface area contributed by atoms with E-state index < -0.39 is 53.4 Å². The van der Waals surface area contributed by atoms with E-state index in [1.54, 1.807) is 6.92 Å². The second-order valence-electron chi connectivity index (χ2n) is 10.9. The molecular formula is C24H36ClF2N5O5. The molecular weight excluding hydrogens is 512 g/mol. The van der Waals surface area contributed by atoms with Crippen molar-refractivity contribution in [1.29, 1.82) is 0 Å². The molecule has 13 heteroatoms. The molecule has 0 aromatic rings. The molecule has 0 bridgehead atoms. The van der Waals surface area contributed by atoms with Crippen molar-refractivity contribution in [2.45, 2.75) is 71.3 Å². The predicted octanol–water partition coefficient (Wildman–Crippen LogP) is 0.889. The Morgan fingerprint density at radius 3 is 2.41 bits per heavy atom. The van der Waals surface area contributed by atoms with E-state index in [1.807, 2.05) is 20.8 Å². The molecule has 2 saturated heterocycles. The molecule has 3 N–H and O–H groups in total. The van der Waals surface area contributed by atoms with Crippen LogP contribution in [0.4, 0.5) is 8.78 Å². The molecule has 0 unspecified atom stereocenters. The topological polar surface area (TPSA) is 128 Å². The van der Waals surface area contributed by atoms with E-state index in [9.17, 15) is 32.8 Å². The van der Waals surface area contributed by atoms with E-state index in [-0.39, 0.29) is 42.2 Å². The van der Waals surface area contributed by atoms with Gasteiger partial charge in [0.25, 0.3) is 23.4 Å². The highest BCUT2D eigenvalue weighted by atomic mass is 35.5. The molecule has 0 aromatic carbocycles. The normalized spacial score (nSPS) is 28.9. The maximum atomic E-state index is 13.8. The number of alkyl halides is 3. The minimum absolute atomic E-state index is 0.00713. The number of nitrogens with zero attached hydrogens (tertiary/aromatic N) is 2. The minimum Gasteiger partial charge on any atom is -0.356 e. The second-order valence-corrected chi connectivity index (χ2v) is 11.3. The lowest BCUT2D eigenvalue weighted by atomic mass is 9.95. The van der Waals surface area contributed by atoms with Gasteiger partial charge in [-0.15, -0.1) is 0 Å². The molecule has 37 heavy (non-hydrogen) atoms. The molecule has 3 rings (SSSR count). The van der Waals surface area contributed by atoms with Crippen LogP contribution in [0.3, 0.4) is 0 Å². The minimum atomic E-state index is -2.44. The van der Waals surface area contributed by atoms with Gasteiger partial charge in [0.15, 0.2) is 6.17 Å². The standard InChI is InChI=1S/C24H36ClF2N5O5/c1-6-11(2)16(29-19(33)12(3)26)22(36)31-10-14-15(24(14,4)5)17(31)21(35)30-32(23(37)18(25)27)9-13-7-8-28-20(13)34/h11-18H,6-10H2,1-5H3,(H,28,34)(H,29,33)(H,30,35)/t11-,12-,13+,14+,15+,16+,17+,18+/m1/s1. The van der Waals surface area contributed by atoms with Crippen LogP contribution >= 0.6 is 11.6 Å². The fourth-order valence-electron chi connectivity index (χ4n) is 5.49. The quantitative estimate of drug-likeness (QED) is 0.292. The zero-order valence-corrected chi connectivity index (χ0v) is 22.5. The summed E-state index contributed by atoms with van der Waals surface area (Å²) in [6, 6.07) is -2.07. The molecule has 0 spiro atoms. The van der Waals surface area contributed by atoms with Gasteiger partial charge in [-0.1, -0.05) is 45.7 Å². The summed E-state index contributed by atoms with van der Waals surface area (Å²) in [6.07, 6.45) is -0.909. The fourth-order valence-corrected chi connectivity index (χ4v) is 5.61. The van der Waals surface area contributed by atoms with Crippen molar-refractivity contribution >= 4 is 41.1 Å². The third kappa shape index (κ3) is 5.83. The lowest BCUT2D eigenvalue weighted by Gasteiger charge is -2.36. The van der Waals surface area contributed by atoms with Gasteiger partial charge in [-0.25, -0.2) is 13.8 Å². The van der Waals surface area contributed by atoms with Crippen molar-refractivity contribution in [3.05, 3.63) is 0 Å². The van der Waals surface area contributed by atoms with Crippen LogP contribution in [0.1, 0.15) is 47.5 Å². The van der Waals surface area contributed by atoms with E-state index in [2.05, 4.69) is 16.1 Å². The number of piperidine rings is 1. The number of fused-ring (bicyclic) bond motifs is 1. The Labute approximate surface area is 220 Å². The smallest absolute Gasteiger partial charge is 0.291 e. The van der Waals surface area contributed by atoms with Crippen molar-refractivity contribution in [1.82, 2.24) is 26.0 Å². The predicted molar refractivity (Wildman–Crippen MR) is 130 cm³/mol. The Morgan fingerprint density at radius 2 is 1.89 bits per heavy atom. The van der Waals surface area contributed by atoms with E-state index in [0.29, 0.717) is 24.4 Å². The maximum absolute atomic E-state index is 13.8. The zero-order valence-electron chi connectivity index (χ0n) is 21.7. The van der Waals surface area contributed by atoms with Crippen LogP contribution in [0.25, 0.3) is 0 Å². The first-order chi connectivity index (χ1) is 17.2. The largest absolute Gasteiger partial charge is 0.356 e. The maximum Gasteiger partial charge on any atom is 0.291 e. The SMILES string of the molecule is CC[C@@H](C)[C@H](NC(=O)[C@@H](C)F)C(=O)N1C[C@H]2[C@@H]([C@H]1C(=O)NN(C[C@@H]1CCNC1=O)C(=O)[C@H](F)Cl)C2(C)C. The summed E-state index contributed by atoms with van der Waals surface area (Å²) in [5.41, 5.74) is -0.301. The van der Waals surface area contributed by atoms with Crippen LogP contribution in [0.15, 0.2) is 0 Å². The summed E-state index contributed by atoms with van der Waals surface area (Å²) in [5, 5.41) is 5.80. The van der Waals surface area contributed by atoms with Crippen LogP contribution in [-0.4, -0.2) is 83.0 Å². The molecule has 5 amide bonds.